The highest BCUT2D eigenvalue weighted by atomic mass is 35.5. The normalized spacial score (nSPS) is 10.1. The third-order valence-electron chi connectivity index (χ3n) is 2.45. The van der Waals surface area contributed by atoms with Gasteiger partial charge in [-0.3, -0.25) is 0 Å². The zero-order chi connectivity index (χ0) is 11.4. The maximum Gasteiger partial charge on any atom is 0.124 e. The first-order valence-corrected chi connectivity index (χ1v) is 5.47. The first kappa shape index (κ1) is 10.9. The Morgan fingerprint density at radius 3 is 1.81 bits per heavy atom. The summed E-state index contributed by atoms with van der Waals surface area (Å²) in [6.45, 7) is 0. The van der Waals surface area contributed by atoms with Gasteiger partial charge in [0.1, 0.15) is 6.29 Å². The molecule has 0 saturated carbocycles. The molecule has 0 unspecified atom stereocenters. The molecule has 0 fully saturated rings. The number of aldehydes is 1. The van der Waals surface area contributed by atoms with Crippen LogP contribution in [0.2, 0.25) is 5.02 Å². The quantitative estimate of drug-likeness (QED) is 0.613. The van der Waals surface area contributed by atoms with Crippen molar-refractivity contribution in [3.63, 3.8) is 0 Å². The van der Waals surface area contributed by atoms with Crippen molar-refractivity contribution in [2.24, 2.45) is 0 Å². The van der Waals surface area contributed by atoms with Gasteiger partial charge >= 0.3 is 0 Å². The van der Waals surface area contributed by atoms with Gasteiger partial charge in [0.25, 0.3) is 0 Å². The van der Waals surface area contributed by atoms with Crippen molar-refractivity contribution in [3.05, 3.63) is 59.1 Å². The molecule has 2 aliphatic carbocycles. The number of hydrogen-bond donors (Lipinski definition) is 0. The third-order valence-corrected chi connectivity index (χ3v) is 2.77. The Morgan fingerprint density at radius 2 is 1.50 bits per heavy atom. The molecule has 0 aromatic heterocycles. The van der Waals surface area contributed by atoms with Crippen LogP contribution in [0.15, 0.2) is 48.5 Å². The van der Waals surface area contributed by atoms with Gasteiger partial charge in [-0.1, -0.05) is 48.0 Å². The summed E-state index contributed by atoms with van der Waals surface area (Å²) in [5.41, 5.74) is 3.42. The third kappa shape index (κ3) is 2.15. The first-order valence-electron chi connectivity index (χ1n) is 5.09. The fourth-order valence-corrected chi connectivity index (χ4v) is 1.83. The van der Waals surface area contributed by atoms with Gasteiger partial charge in [-0.25, -0.2) is 0 Å². The van der Waals surface area contributed by atoms with Crippen molar-refractivity contribution in [1.82, 2.24) is 0 Å². The van der Waals surface area contributed by atoms with E-state index in [1.165, 1.54) is 5.56 Å². The molecule has 0 heterocycles. The molecule has 0 spiro atoms. The number of fused-ring (bicyclic) bond motifs is 1. The van der Waals surface area contributed by atoms with Crippen LogP contribution in [0.1, 0.15) is 5.56 Å². The molecular formula is C14H11ClO. The van der Waals surface area contributed by atoms with Crippen LogP contribution in [-0.2, 0) is 11.2 Å². The van der Waals surface area contributed by atoms with E-state index >= 15 is 0 Å². The predicted molar refractivity (Wildman–Crippen MR) is 66.7 cm³/mol. The highest BCUT2D eigenvalue weighted by Crippen LogP contribution is 2.44. The second-order valence-corrected chi connectivity index (χ2v) is 3.92. The summed E-state index contributed by atoms with van der Waals surface area (Å²) in [5.74, 6) is 0. The molecule has 16 heavy (non-hydrogen) atoms. The van der Waals surface area contributed by atoms with Crippen molar-refractivity contribution < 1.29 is 4.79 Å². The predicted octanol–water partition coefficient (Wildman–Crippen LogP) is 3.75. The van der Waals surface area contributed by atoms with Crippen molar-refractivity contribution in [3.8, 4) is 11.1 Å². The minimum Gasteiger partial charge on any atom is -0.303 e. The van der Waals surface area contributed by atoms with E-state index in [-0.39, 0.29) is 0 Å². The van der Waals surface area contributed by atoms with E-state index < -0.39 is 0 Å². The van der Waals surface area contributed by atoms with Crippen LogP contribution in [0.5, 0.6) is 0 Å². The van der Waals surface area contributed by atoms with Crippen molar-refractivity contribution in [2.75, 3.05) is 0 Å². The van der Waals surface area contributed by atoms with Crippen LogP contribution in [-0.4, -0.2) is 6.29 Å². The Morgan fingerprint density at radius 1 is 0.938 bits per heavy atom. The number of carbonyl (C=O) groups is 1. The van der Waals surface area contributed by atoms with Crippen LogP contribution in [0.25, 0.3) is 11.1 Å². The summed E-state index contributed by atoms with van der Waals surface area (Å²) in [5, 5.41) is 0.824. The Kier molecular flexibility index (Phi) is 3.37. The molecule has 1 aromatic carbocycles. The second kappa shape index (κ2) is 4.95. The molecule has 2 heteroatoms. The molecule has 0 atom stereocenters. The fourth-order valence-electron chi connectivity index (χ4n) is 1.56. The Hall–Kier alpha value is -1.60. The average molecular weight is 231 g/mol. The monoisotopic (exact) mass is 230 g/mol. The van der Waals surface area contributed by atoms with E-state index in [1.807, 2.05) is 48.5 Å². The van der Waals surface area contributed by atoms with Gasteiger partial charge in [0.15, 0.2) is 0 Å². The SMILES string of the molecule is O=CCc1cc2c(Cl)cc1-2.c1ccccc1. The van der Waals surface area contributed by atoms with Crippen molar-refractivity contribution >= 4 is 17.9 Å². The largest absolute Gasteiger partial charge is 0.303 e. The molecule has 0 bridgehead atoms. The summed E-state index contributed by atoms with van der Waals surface area (Å²) >= 11 is 5.68. The highest BCUT2D eigenvalue weighted by molar-refractivity contribution is 6.36. The van der Waals surface area contributed by atoms with Gasteiger partial charge < -0.3 is 4.79 Å². The Bertz CT molecular complexity index is 465. The average Bonchev–Trinajstić information content (AvgIpc) is 2.34. The van der Waals surface area contributed by atoms with E-state index in [0.717, 1.165) is 22.4 Å². The van der Waals surface area contributed by atoms with Crippen molar-refractivity contribution in [1.29, 1.82) is 0 Å². The molecule has 1 aromatic rings. The maximum absolute atomic E-state index is 10.0. The van der Waals surface area contributed by atoms with Gasteiger partial charge in [0.2, 0.25) is 0 Å². The van der Waals surface area contributed by atoms with Crippen LogP contribution < -0.4 is 0 Å². The number of benzene rings is 2. The molecule has 3 rings (SSSR count). The topological polar surface area (TPSA) is 17.1 Å². The van der Waals surface area contributed by atoms with E-state index in [1.54, 1.807) is 0 Å². The lowest BCUT2D eigenvalue weighted by Crippen LogP contribution is -2.02. The molecule has 0 amide bonds. The number of halogens is 1. The minimum atomic E-state index is 0.527. The Balaban J connectivity index is 0.000000138. The molecule has 0 N–H and O–H groups in total. The van der Waals surface area contributed by atoms with Crippen LogP contribution in [0, 0.1) is 0 Å². The van der Waals surface area contributed by atoms with Crippen LogP contribution >= 0.6 is 11.6 Å². The highest BCUT2D eigenvalue weighted by Gasteiger charge is 2.20. The lowest BCUT2D eigenvalue weighted by molar-refractivity contribution is -0.107. The molecular weight excluding hydrogens is 220 g/mol. The standard InChI is InChI=1S/C8H5ClO.C6H6/c9-8-4-6-5(1-2-10)3-7(6)8;1-2-4-6-5-3-1/h2-4H,1H2;1-6H. The second-order valence-electron chi connectivity index (χ2n) is 3.51. The molecule has 2 aliphatic rings. The summed E-state index contributed by atoms with van der Waals surface area (Å²) in [4.78, 5) is 10.0. The van der Waals surface area contributed by atoms with E-state index in [0.29, 0.717) is 6.42 Å². The zero-order valence-corrected chi connectivity index (χ0v) is 9.45. The lowest BCUT2D eigenvalue weighted by Gasteiger charge is -2.22. The Labute approximate surface area is 99.7 Å². The molecule has 1 nitrogen and oxygen atoms in total. The first-order chi connectivity index (χ1) is 7.83. The van der Waals surface area contributed by atoms with Gasteiger partial charge in [0.05, 0.1) is 0 Å². The summed E-state index contributed by atoms with van der Waals surface area (Å²) in [6.07, 6.45) is 1.44. The number of carbonyl (C=O) groups excluding carboxylic acids is 1. The van der Waals surface area contributed by atoms with Gasteiger partial charge in [0, 0.05) is 17.0 Å². The van der Waals surface area contributed by atoms with Crippen LogP contribution in [0.3, 0.4) is 0 Å². The number of hydrogen-bond acceptors (Lipinski definition) is 1. The van der Waals surface area contributed by atoms with E-state index in [4.69, 9.17) is 11.6 Å². The minimum absolute atomic E-state index is 0.527. The summed E-state index contributed by atoms with van der Waals surface area (Å²) < 4.78 is 0. The lowest BCUT2D eigenvalue weighted by atomic mass is 9.85. The molecule has 0 aliphatic heterocycles. The smallest absolute Gasteiger partial charge is 0.124 e. The van der Waals surface area contributed by atoms with Gasteiger partial charge in [-0.15, -0.1) is 0 Å². The van der Waals surface area contributed by atoms with Gasteiger partial charge in [-0.05, 0) is 23.3 Å². The molecule has 0 saturated heterocycles. The van der Waals surface area contributed by atoms with Crippen molar-refractivity contribution in [2.45, 2.75) is 6.42 Å². The molecule has 0 radical (unpaired) electrons. The fraction of sp³-hybridized carbons (Fsp3) is 0.0714. The van der Waals surface area contributed by atoms with E-state index in [9.17, 15) is 4.79 Å². The van der Waals surface area contributed by atoms with Gasteiger partial charge in [-0.2, -0.15) is 0 Å². The van der Waals surface area contributed by atoms with Crippen LogP contribution in [0.4, 0.5) is 0 Å². The summed E-state index contributed by atoms with van der Waals surface area (Å²) in [6, 6.07) is 15.9. The van der Waals surface area contributed by atoms with E-state index in [2.05, 4.69) is 0 Å². The molecule has 80 valence electrons. The summed E-state index contributed by atoms with van der Waals surface area (Å²) in [7, 11) is 0. The zero-order valence-electron chi connectivity index (χ0n) is 8.69. The number of rotatable bonds is 2. The maximum atomic E-state index is 10.0.